The summed E-state index contributed by atoms with van der Waals surface area (Å²) in [5.41, 5.74) is 9.78. The second-order valence-electron chi connectivity index (χ2n) is 8.60. The van der Waals surface area contributed by atoms with Crippen molar-refractivity contribution in [1.29, 1.82) is 0 Å². The zero-order valence-corrected chi connectivity index (χ0v) is 18.2. The van der Waals surface area contributed by atoms with Gasteiger partial charge < -0.3 is 15.6 Å². The normalized spacial score (nSPS) is 13.4. The monoisotopic (exact) mass is 405 g/mol. The molecule has 0 aromatic heterocycles. The quantitative estimate of drug-likeness (QED) is 0.449. The molecule has 3 N–H and O–H groups in total. The van der Waals surface area contributed by atoms with Crippen LogP contribution in [-0.4, -0.2) is 17.7 Å². The first-order valence-corrected chi connectivity index (χ1v) is 10.5. The summed E-state index contributed by atoms with van der Waals surface area (Å²) in [4.78, 5) is 11.3. The first-order chi connectivity index (χ1) is 14.3. The van der Waals surface area contributed by atoms with Gasteiger partial charge in [0.05, 0.1) is 18.2 Å². The molecule has 2 atom stereocenters. The number of fused-ring (bicyclic) bond motifs is 1. The maximum atomic E-state index is 11.3. The van der Waals surface area contributed by atoms with Crippen LogP contribution in [0.4, 0.5) is 5.69 Å². The van der Waals surface area contributed by atoms with Crippen LogP contribution in [0.3, 0.4) is 0 Å². The van der Waals surface area contributed by atoms with E-state index in [2.05, 4.69) is 51.1 Å². The van der Waals surface area contributed by atoms with Crippen molar-refractivity contribution in [2.24, 2.45) is 17.8 Å². The average Bonchev–Trinajstić information content (AvgIpc) is 2.71. The fraction of sp³-hybridized carbons (Fsp3) is 0.346. The predicted molar refractivity (Wildman–Crippen MR) is 124 cm³/mol. The van der Waals surface area contributed by atoms with Gasteiger partial charge in [0.1, 0.15) is 5.75 Å². The second-order valence-corrected chi connectivity index (χ2v) is 8.60. The standard InChI is InChI=1S/C26H31NO3/c1-16(2)18(4)15-30-25-23(12-19(13-24(25)27)11-17(3)26(28)29)22-10-9-20-7-5-6-8-21(20)14-22/h5-10,12-14,16-18H,11,15,27H2,1-4H3,(H,28,29). The number of anilines is 1. The first kappa shape index (κ1) is 21.7. The van der Waals surface area contributed by atoms with Crippen LogP contribution < -0.4 is 10.5 Å². The van der Waals surface area contributed by atoms with Crippen LogP contribution in [0.25, 0.3) is 21.9 Å². The Morgan fingerprint density at radius 3 is 2.37 bits per heavy atom. The summed E-state index contributed by atoms with van der Waals surface area (Å²) in [6.07, 6.45) is 0.419. The van der Waals surface area contributed by atoms with Gasteiger partial charge in [-0.3, -0.25) is 4.79 Å². The summed E-state index contributed by atoms with van der Waals surface area (Å²) in [6, 6.07) is 18.4. The molecule has 3 aromatic carbocycles. The second kappa shape index (κ2) is 9.21. The molecule has 0 fully saturated rings. The summed E-state index contributed by atoms with van der Waals surface area (Å²) in [5.74, 6) is 0.268. The zero-order valence-electron chi connectivity index (χ0n) is 18.2. The smallest absolute Gasteiger partial charge is 0.306 e. The topological polar surface area (TPSA) is 72.5 Å². The molecule has 0 radical (unpaired) electrons. The van der Waals surface area contributed by atoms with Gasteiger partial charge in [-0.25, -0.2) is 0 Å². The SMILES string of the molecule is CC(Cc1cc(N)c(OCC(C)C(C)C)c(-c2ccc3ccccc3c2)c1)C(=O)O. The van der Waals surface area contributed by atoms with E-state index < -0.39 is 11.9 Å². The largest absolute Gasteiger partial charge is 0.490 e. The van der Waals surface area contributed by atoms with Gasteiger partial charge in [-0.2, -0.15) is 0 Å². The Morgan fingerprint density at radius 1 is 1.00 bits per heavy atom. The molecule has 30 heavy (non-hydrogen) atoms. The summed E-state index contributed by atoms with van der Waals surface area (Å²) >= 11 is 0. The highest BCUT2D eigenvalue weighted by Gasteiger charge is 2.18. The molecule has 158 valence electrons. The fourth-order valence-corrected chi connectivity index (χ4v) is 3.41. The minimum absolute atomic E-state index is 0.389. The molecular formula is C26H31NO3. The third-order valence-electron chi connectivity index (χ3n) is 5.83. The van der Waals surface area contributed by atoms with Crippen LogP contribution in [0.1, 0.15) is 33.3 Å². The molecule has 0 aliphatic rings. The number of nitrogen functional groups attached to an aromatic ring is 1. The van der Waals surface area contributed by atoms with Gasteiger partial charge >= 0.3 is 5.97 Å². The summed E-state index contributed by atoms with van der Waals surface area (Å²) in [5, 5.41) is 11.6. The van der Waals surface area contributed by atoms with Crippen molar-refractivity contribution in [3.63, 3.8) is 0 Å². The molecule has 0 aliphatic heterocycles. The van der Waals surface area contributed by atoms with E-state index in [1.54, 1.807) is 6.92 Å². The lowest BCUT2D eigenvalue weighted by Gasteiger charge is -2.21. The van der Waals surface area contributed by atoms with Crippen LogP contribution in [0.5, 0.6) is 5.75 Å². The maximum Gasteiger partial charge on any atom is 0.306 e. The van der Waals surface area contributed by atoms with E-state index in [0.29, 0.717) is 36.3 Å². The Kier molecular flexibility index (Phi) is 6.66. The predicted octanol–water partition coefficient (Wildman–Crippen LogP) is 6.02. The highest BCUT2D eigenvalue weighted by atomic mass is 16.5. The number of carbonyl (C=O) groups is 1. The molecule has 0 bridgehead atoms. The number of rotatable bonds is 8. The zero-order chi connectivity index (χ0) is 21.8. The number of hydrogen-bond acceptors (Lipinski definition) is 3. The van der Waals surface area contributed by atoms with Crippen molar-refractivity contribution in [1.82, 2.24) is 0 Å². The molecule has 4 heteroatoms. The number of ether oxygens (including phenoxy) is 1. The molecule has 0 saturated carbocycles. The Balaban J connectivity index is 2.06. The molecule has 4 nitrogen and oxygen atoms in total. The van der Waals surface area contributed by atoms with Crippen LogP contribution in [0, 0.1) is 17.8 Å². The molecule has 2 unspecified atom stereocenters. The maximum absolute atomic E-state index is 11.3. The van der Waals surface area contributed by atoms with E-state index in [1.165, 1.54) is 5.39 Å². The van der Waals surface area contributed by atoms with Crippen LogP contribution in [-0.2, 0) is 11.2 Å². The van der Waals surface area contributed by atoms with Gasteiger partial charge in [0.2, 0.25) is 0 Å². The lowest BCUT2D eigenvalue weighted by molar-refractivity contribution is -0.141. The van der Waals surface area contributed by atoms with Crippen molar-refractivity contribution < 1.29 is 14.6 Å². The number of benzene rings is 3. The van der Waals surface area contributed by atoms with Crippen molar-refractivity contribution in [2.45, 2.75) is 34.1 Å². The number of aliphatic carboxylic acids is 1. The molecule has 0 aliphatic carbocycles. The Bertz CT molecular complexity index is 1040. The van der Waals surface area contributed by atoms with Gasteiger partial charge in [0.15, 0.2) is 0 Å². The minimum atomic E-state index is -0.813. The Morgan fingerprint density at radius 2 is 1.70 bits per heavy atom. The highest BCUT2D eigenvalue weighted by molar-refractivity contribution is 5.89. The van der Waals surface area contributed by atoms with E-state index in [-0.39, 0.29) is 0 Å². The van der Waals surface area contributed by atoms with Crippen LogP contribution in [0.2, 0.25) is 0 Å². The number of nitrogens with two attached hydrogens (primary N) is 1. The van der Waals surface area contributed by atoms with E-state index >= 15 is 0 Å². The van der Waals surface area contributed by atoms with Crippen LogP contribution in [0.15, 0.2) is 54.6 Å². The van der Waals surface area contributed by atoms with Crippen molar-refractivity contribution >= 4 is 22.4 Å². The van der Waals surface area contributed by atoms with Gasteiger partial charge in [-0.05, 0) is 58.4 Å². The summed E-state index contributed by atoms with van der Waals surface area (Å²) in [6.45, 7) is 8.81. The minimum Gasteiger partial charge on any atom is -0.490 e. The number of hydrogen-bond donors (Lipinski definition) is 2. The molecule has 0 heterocycles. The molecular weight excluding hydrogens is 374 g/mol. The average molecular weight is 406 g/mol. The molecule has 0 saturated heterocycles. The van der Waals surface area contributed by atoms with E-state index in [4.69, 9.17) is 10.5 Å². The lowest BCUT2D eigenvalue weighted by atomic mass is 9.94. The van der Waals surface area contributed by atoms with Crippen molar-refractivity contribution in [2.75, 3.05) is 12.3 Å². The molecule has 3 aromatic rings. The fourth-order valence-electron chi connectivity index (χ4n) is 3.41. The van der Waals surface area contributed by atoms with Gasteiger partial charge in [0, 0.05) is 5.56 Å². The lowest BCUT2D eigenvalue weighted by Crippen LogP contribution is -2.16. The van der Waals surface area contributed by atoms with E-state index in [1.807, 2.05) is 24.3 Å². The van der Waals surface area contributed by atoms with E-state index in [0.717, 1.165) is 22.1 Å². The number of carboxylic acids is 1. The third-order valence-corrected chi connectivity index (χ3v) is 5.83. The highest BCUT2D eigenvalue weighted by Crippen LogP contribution is 2.38. The molecule has 0 spiro atoms. The third kappa shape index (κ3) is 4.93. The van der Waals surface area contributed by atoms with Crippen LogP contribution >= 0.6 is 0 Å². The van der Waals surface area contributed by atoms with Gasteiger partial charge in [-0.1, -0.05) is 64.1 Å². The molecule has 0 amide bonds. The Labute approximate surface area is 178 Å². The first-order valence-electron chi connectivity index (χ1n) is 10.5. The van der Waals surface area contributed by atoms with Crippen molar-refractivity contribution in [3.8, 4) is 16.9 Å². The summed E-state index contributed by atoms with van der Waals surface area (Å²) < 4.78 is 6.22. The van der Waals surface area contributed by atoms with Crippen molar-refractivity contribution in [3.05, 3.63) is 60.2 Å². The van der Waals surface area contributed by atoms with E-state index in [9.17, 15) is 9.90 Å². The summed E-state index contributed by atoms with van der Waals surface area (Å²) in [7, 11) is 0. The van der Waals surface area contributed by atoms with Gasteiger partial charge in [-0.15, -0.1) is 0 Å². The van der Waals surface area contributed by atoms with Gasteiger partial charge in [0.25, 0.3) is 0 Å². The molecule has 3 rings (SSSR count). The Hall–Kier alpha value is -3.01. The number of carboxylic acid groups (broad SMARTS) is 1.